The molecule has 0 aromatic heterocycles. The second-order valence-electron chi connectivity index (χ2n) is 6.54. The summed E-state index contributed by atoms with van der Waals surface area (Å²) in [5.41, 5.74) is 0.700. The zero-order valence-corrected chi connectivity index (χ0v) is 17.2. The van der Waals surface area contributed by atoms with E-state index in [1.807, 2.05) is 28.0 Å². The van der Waals surface area contributed by atoms with Crippen LogP contribution in [0.3, 0.4) is 0 Å². The molecule has 0 unspecified atom stereocenters. The fourth-order valence-electron chi connectivity index (χ4n) is 3.25. The van der Waals surface area contributed by atoms with Crippen molar-refractivity contribution in [2.45, 2.75) is 25.9 Å². The largest absolute Gasteiger partial charge is 0.468 e. The molecule has 1 aliphatic heterocycles. The van der Waals surface area contributed by atoms with Crippen LogP contribution in [-0.2, 0) is 14.3 Å². The predicted molar refractivity (Wildman–Crippen MR) is 106 cm³/mol. The lowest BCUT2D eigenvalue weighted by Gasteiger charge is -2.40. The van der Waals surface area contributed by atoms with Crippen LogP contribution in [0.15, 0.2) is 24.3 Å². The second kappa shape index (κ2) is 10.4. The van der Waals surface area contributed by atoms with Crippen molar-refractivity contribution in [2.24, 2.45) is 0 Å². The van der Waals surface area contributed by atoms with Crippen molar-refractivity contribution in [1.82, 2.24) is 20.4 Å². The number of nitrogens with one attached hydrogen (secondary N) is 2. The number of methoxy groups -OCH3 is 1. The zero-order valence-electron chi connectivity index (χ0n) is 16.4. The average molecular weight is 411 g/mol. The van der Waals surface area contributed by atoms with Gasteiger partial charge in [-0.25, -0.2) is 9.59 Å². The van der Waals surface area contributed by atoms with Gasteiger partial charge in [-0.1, -0.05) is 29.8 Å². The van der Waals surface area contributed by atoms with E-state index in [2.05, 4.69) is 10.6 Å². The quantitative estimate of drug-likeness (QED) is 0.689. The van der Waals surface area contributed by atoms with Crippen LogP contribution in [0.2, 0.25) is 5.02 Å². The van der Waals surface area contributed by atoms with E-state index >= 15 is 0 Å². The molecule has 1 saturated heterocycles. The Labute approximate surface area is 170 Å². The van der Waals surface area contributed by atoms with E-state index in [9.17, 15) is 14.4 Å². The number of benzene rings is 1. The molecule has 0 radical (unpaired) electrons. The molecule has 2 N–H and O–H groups in total. The summed E-state index contributed by atoms with van der Waals surface area (Å²) < 4.78 is 4.99. The summed E-state index contributed by atoms with van der Waals surface area (Å²) in [5, 5.41) is 5.38. The molecular formula is C19H27ClN4O4. The van der Waals surface area contributed by atoms with Gasteiger partial charge in [0.1, 0.15) is 6.04 Å². The summed E-state index contributed by atoms with van der Waals surface area (Å²) in [6, 6.07) is 5.66. The molecule has 1 fully saturated rings. The van der Waals surface area contributed by atoms with Crippen molar-refractivity contribution in [3.8, 4) is 0 Å². The van der Waals surface area contributed by atoms with E-state index in [0.717, 1.165) is 0 Å². The molecule has 28 heavy (non-hydrogen) atoms. The second-order valence-corrected chi connectivity index (χ2v) is 6.95. The highest BCUT2D eigenvalue weighted by atomic mass is 35.5. The Hall–Kier alpha value is -2.16. The van der Waals surface area contributed by atoms with Crippen molar-refractivity contribution in [1.29, 1.82) is 0 Å². The maximum atomic E-state index is 12.4. The normalized spacial score (nSPS) is 17.4. The van der Waals surface area contributed by atoms with E-state index in [1.165, 1.54) is 7.11 Å². The minimum Gasteiger partial charge on any atom is -0.468 e. The fraction of sp³-hybridized carbons (Fsp3) is 0.526. The Kier molecular flexibility index (Phi) is 8.22. The molecule has 8 nitrogen and oxygen atoms in total. The number of carbonyl (C=O) groups excluding carboxylic acids is 3. The van der Waals surface area contributed by atoms with Crippen LogP contribution >= 0.6 is 11.6 Å². The van der Waals surface area contributed by atoms with Crippen molar-refractivity contribution >= 4 is 29.5 Å². The number of esters is 1. The number of rotatable bonds is 6. The first kappa shape index (κ1) is 22.1. The van der Waals surface area contributed by atoms with Crippen molar-refractivity contribution < 1.29 is 19.1 Å². The molecule has 0 bridgehead atoms. The minimum absolute atomic E-state index is 0.352. The summed E-state index contributed by atoms with van der Waals surface area (Å²) in [5.74, 6) is -0.724. The fourth-order valence-corrected chi connectivity index (χ4v) is 3.49. The van der Waals surface area contributed by atoms with Gasteiger partial charge in [-0.15, -0.1) is 0 Å². The van der Waals surface area contributed by atoms with Gasteiger partial charge in [0.05, 0.1) is 13.2 Å². The van der Waals surface area contributed by atoms with Gasteiger partial charge in [-0.05, 0) is 25.5 Å². The summed E-state index contributed by atoms with van der Waals surface area (Å²) in [4.78, 5) is 40.2. The van der Waals surface area contributed by atoms with Gasteiger partial charge in [-0.3, -0.25) is 19.9 Å². The van der Waals surface area contributed by atoms with E-state index in [-0.39, 0.29) is 11.9 Å². The Bertz CT molecular complexity index is 707. The van der Waals surface area contributed by atoms with Gasteiger partial charge in [0, 0.05) is 37.7 Å². The van der Waals surface area contributed by atoms with Crippen molar-refractivity contribution in [3.05, 3.63) is 34.9 Å². The van der Waals surface area contributed by atoms with Gasteiger partial charge in [-0.2, -0.15) is 0 Å². The van der Waals surface area contributed by atoms with E-state index in [1.54, 1.807) is 19.9 Å². The van der Waals surface area contributed by atoms with E-state index < -0.39 is 18.1 Å². The van der Waals surface area contributed by atoms with Crippen LogP contribution in [0.4, 0.5) is 4.79 Å². The maximum absolute atomic E-state index is 12.4. The molecule has 0 aliphatic carbocycles. The Morgan fingerprint density at radius 1 is 1.14 bits per heavy atom. The van der Waals surface area contributed by atoms with Gasteiger partial charge >= 0.3 is 12.0 Å². The van der Waals surface area contributed by atoms with E-state index in [4.69, 9.17) is 16.3 Å². The van der Waals surface area contributed by atoms with Gasteiger partial charge in [0.25, 0.3) is 0 Å². The third-order valence-electron chi connectivity index (χ3n) is 4.84. The number of amides is 3. The Morgan fingerprint density at radius 3 is 2.32 bits per heavy atom. The Morgan fingerprint density at radius 2 is 1.75 bits per heavy atom. The molecular weight excluding hydrogens is 384 g/mol. The first-order chi connectivity index (χ1) is 13.4. The number of piperazine rings is 1. The topological polar surface area (TPSA) is 91.0 Å². The predicted octanol–water partition coefficient (Wildman–Crippen LogP) is 1.41. The highest BCUT2D eigenvalue weighted by molar-refractivity contribution is 6.31. The lowest BCUT2D eigenvalue weighted by atomic mass is 10.0. The SMILES string of the molecule is CCNC(=O)NC(=O)[C@H](C)N1CCN([C@H](C(=O)OC)c2ccccc2Cl)CC1. The summed E-state index contributed by atoms with van der Waals surface area (Å²) >= 11 is 6.30. The first-order valence-corrected chi connectivity index (χ1v) is 9.65. The average Bonchev–Trinajstić information content (AvgIpc) is 2.69. The number of urea groups is 1. The summed E-state index contributed by atoms with van der Waals surface area (Å²) in [6.45, 7) is 6.25. The van der Waals surface area contributed by atoms with Crippen LogP contribution in [0.5, 0.6) is 0 Å². The molecule has 1 aromatic rings. The molecule has 9 heteroatoms. The number of ether oxygens (including phenoxy) is 1. The number of carbonyl (C=O) groups is 3. The number of imide groups is 1. The van der Waals surface area contributed by atoms with Gasteiger partial charge < -0.3 is 10.1 Å². The van der Waals surface area contributed by atoms with Crippen LogP contribution in [0.1, 0.15) is 25.5 Å². The highest BCUT2D eigenvalue weighted by Gasteiger charge is 2.34. The van der Waals surface area contributed by atoms with Gasteiger partial charge in [0.2, 0.25) is 5.91 Å². The number of nitrogens with zero attached hydrogens (tertiary/aromatic N) is 2. The minimum atomic E-state index is -0.597. The molecule has 1 heterocycles. The highest BCUT2D eigenvalue weighted by Crippen LogP contribution is 2.29. The van der Waals surface area contributed by atoms with Crippen LogP contribution in [0.25, 0.3) is 0 Å². The molecule has 0 spiro atoms. The lowest BCUT2D eigenvalue weighted by Crippen LogP contribution is -2.56. The first-order valence-electron chi connectivity index (χ1n) is 9.28. The monoisotopic (exact) mass is 410 g/mol. The standard InChI is InChI=1S/C19H27ClN4O4/c1-4-21-19(27)22-17(25)13(2)23-9-11-24(12-10-23)16(18(26)28-3)14-7-5-6-8-15(14)20/h5-8,13,16H,4,9-12H2,1-3H3,(H2,21,22,25,27)/t13-,16-/m0/s1. The smallest absolute Gasteiger partial charge is 0.327 e. The van der Waals surface area contributed by atoms with Crippen LogP contribution in [-0.4, -0.2) is 73.6 Å². The van der Waals surface area contributed by atoms with Crippen molar-refractivity contribution in [2.75, 3.05) is 39.8 Å². The third kappa shape index (κ3) is 5.43. The molecule has 0 saturated carbocycles. The number of hydrogen-bond acceptors (Lipinski definition) is 6. The van der Waals surface area contributed by atoms with E-state index in [0.29, 0.717) is 43.3 Å². The van der Waals surface area contributed by atoms with Crippen LogP contribution < -0.4 is 10.6 Å². The summed E-state index contributed by atoms with van der Waals surface area (Å²) in [7, 11) is 1.36. The molecule has 3 amide bonds. The Balaban J connectivity index is 2.02. The molecule has 2 atom stereocenters. The molecule has 1 aromatic carbocycles. The molecule has 1 aliphatic rings. The van der Waals surface area contributed by atoms with Crippen LogP contribution in [0, 0.1) is 0 Å². The molecule has 2 rings (SSSR count). The number of hydrogen-bond donors (Lipinski definition) is 2. The number of halogens is 1. The molecule has 154 valence electrons. The summed E-state index contributed by atoms with van der Waals surface area (Å²) in [6.07, 6.45) is 0. The maximum Gasteiger partial charge on any atom is 0.327 e. The third-order valence-corrected chi connectivity index (χ3v) is 5.18. The zero-order chi connectivity index (χ0) is 20.7. The lowest BCUT2D eigenvalue weighted by molar-refractivity contribution is -0.148. The van der Waals surface area contributed by atoms with Crippen molar-refractivity contribution in [3.63, 3.8) is 0 Å². The van der Waals surface area contributed by atoms with Gasteiger partial charge in [0.15, 0.2) is 0 Å².